The summed E-state index contributed by atoms with van der Waals surface area (Å²) in [6.07, 6.45) is 1.94. The van der Waals surface area contributed by atoms with E-state index in [1.807, 2.05) is 27.7 Å². The summed E-state index contributed by atoms with van der Waals surface area (Å²) in [5.41, 5.74) is 0. The summed E-state index contributed by atoms with van der Waals surface area (Å²) in [4.78, 5) is 40.4. The van der Waals surface area contributed by atoms with Crippen molar-refractivity contribution in [1.29, 1.82) is 0 Å². The average Bonchev–Trinajstić information content (AvgIpc) is 2.47. The van der Waals surface area contributed by atoms with Crippen LogP contribution in [0.5, 0.6) is 0 Å². The molecular weight excluding hydrogens is 304 g/mol. The van der Waals surface area contributed by atoms with E-state index in [0.717, 1.165) is 0 Å². The van der Waals surface area contributed by atoms with Gasteiger partial charge in [0, 0.05) is 12.8 Å². The van der Waals surface area contributed by atoms with Gasteiger partial charge in [0.05, 0.1) is 13.2 Å². The molecule has 0 fully saturated rings. The first-order chi connectivity index (χ1) is 10.7. The molecule has 0 saturated carbocycles. The van der Waals surface area contributed by atoms with Crippen molar-refractivity contribution in [1.82, 2.24) is 0 Å². The van der Waals surface area contributed by atoms with Crippen molar-refractivity contribution in [3.8, 4) is 0 Å². The molecule has 0 aromatic heterocycles. The third kappa shape index (κ3) is 22.5. The molecule has 7 heteroatoms. The number of unbranched alkanes of at least 4 members (excludes halogenated alkanes) is 1. The van der Waals surface area contributed by atoms with Crippen LogP contribution in [0.1, 0.15) is 53.4 Å². The van der Waals surface area contributed by atoms with Crippen molar-refractivity contribution in [2.75, 3.05) is 13.2 Å². The first-order valence-electron chi connectivity index (χ1n) is 7.68. The van der Waals surface area contributed by atoms with Crippen LogP contribution >= 0.6 is 0 Å². The fourth-order valence-electron chi connectivity index (χ4n) is 1.20. The molecule has 134 valence electrons. The lowest BCUT2D eigenvalue weighted by Crippen LogP contribution is -2.11. The maximum Gasteiger partial charge on any atom is 0.368 e. The van der Waals surface area contributed by atoms with Crippen LogP contribution in [0.15, 0.2) is 0 Å². The number of aliphatic carboxylic acids is 1. The van der Waals surface area contributed by atoms with E-state index in [4.69, 9.17) is 24.2 Å². The fourth-order valence-corrected chi connectivity index (χ4v) is 1.20. The van der Waals surface area contributed by atoms with Crippen molar-refractivity contribution >= 4 is 24.2 Å². The van der Waals surface area contributed by atoms with E-state index >= 15 is 0 Å². The Morgan fingerprint density at radius 3 is 1.39 bits per heavy atom. The molecule has 0 bridgehead atoms. The van der Waals surface area contributed by atoms with Crippen LogP contribution in [0.4, 0.5) is 0 Å². The van der Waals surface area contributed by atoms with Crippen LogP contribution in [-0.4, -0.2) is 42.5 Å². The summed E-state index contributed by atoms with van der Waals surface area (Å²) in [5, 5.41) is 7.35. The minimum absolute atomic E-state index is 0.167. The van der Waals surface area contributed by atoms with Gasteiger partial charge in [0.1, 0.15) is 0 Å². The zero-order valence-electron chi connectivity index (χ0n) is 14.4. The van der Waals surface area contributed by atoms with E-state index < -0.39 is 5.97 Å². The first-order valence-corrected chi connectivity index (χ1v) is 7.68. The Morgan fingerprint density at radius 2 is 1.17 bits per heavy atom. The van der Waals surface area contributed by atoms with Crippen molar-refractivity contribution in [2.24, 2.45) is 11.8 Å². The van der Waals surface area contributed by atoms with Gasteiger partial charge in [0.15, 0.2) is 0 Å². The zero-order chi connectivity index (χ0) is 18.3. The molecule has 0 aliphatic carbocycles. The smallest absolute Gasteiger partial charge is 0.368 e. The molecule has 0 atom stereocenters. The van der Waals surface area contributed by atoms with E-state index in [1.165, 1.54) is 0 Å². The Morgan fingerprint density at radius 1 is 0.870 bits per heavy atom. The molecule has 0 radical (unpaired) electrons. The third-order valence-electron chi connectivity index (χ3n) is 2.27. The largest absolute Gasteiger partial charge is 0.476 e. The number of carbonyl (C=O) groups excluding carboxylic acids is 3. The second-order valence-electron chi connectivity index (χ2n) is 5.82. The Bertz CT molecular complexity index is 335. The minimum Gasteiger partial charge on any atom is -0.476 e. The summed E-state index contributed by atoms with van der Waals surface area (Å²) >= 11 is 0. The number of aldehydes is 1. The second kappa shape index (κ2) is 15.0. The van der Waals surface area contributed by atoms with E-state index in [-0.39, 0.29) is 18.2 Å². The number of carboxylic acid groups (broad SMARTS) is 1. The highest BCUT2D eigenvalue weighted by atomic mass is 16.5. The Balaban J connectivity index is 0. The van der Waals surface area contributed by atoms with Crippen molar-refractivity contribution in [2.45, 2.75) is 53.4 Å². The van der Waals surface area contributed by atoms with Crippen molar-refractivity contribution in [3.63, 3.8) is 0 Å². The van der Waals surface area contributed by atoms with Crippen LogP contribution in [0.3, 0.4) is 0 Å². The molecule has 0 aliphatic rings. The van der Waals surface area contributed by atoms with Gasteiger partial charge < -0.3 is 14.6 Å². The lowest BCUT2D eigenvalue weighted by Gasteiger charge is -2.08. The minimum atomic E-state index is -1.43. The van der Waals surface area contributed by atoms with Gasteiger partial charge in [-0.25, -0.2) is 4.79 Å². The maximum absolute atomic E-state index is 11.3. The summed E-state index contributed by atoms with van der Waals surface area (Å²) in [7, 11) is 0. The molecule has 0 amide bonds. The number of hydrogen-bond donors (Lipinski definition) is 1. The van der Waals surface area contributed by atoms with Crippen LogP contribution in [0, 0.1) is 11.8 Å². The highest BCUT2D eigenvalue weighted by Gasteiger charge is 2.07. The third-order valence-corrected chi connectivity index (χ3v) is 2.27. The van der Waals surface area contributed by atoms with Gasteiger partial charge >= 0.3 is 17.9 Å². The predicted octanol–water partition coefficient (Wildman–Crippen LogP) is 2.22. The SMILES string of the molecule is CC(C)COC(=O)CCCCC(=O)OCC(C)C.O=CC(=O)O. The standard InChI is InChI=1S/C14H26O4.C2H2O3/c1-11(2)9-17-13(15)7-5-6-8-14(16)18-10-12(3)4;3-1-2(4)5/h11-12H,5-10H2,1-4H3;1H,(H,4,5). The van der Waals surface area contributed by atoms with E-state index in [1.54, 1.807) is 0 Å². The fraction of sp³-hybridized carbons (Fsp3) is 0.750. The molecule has 0 aromatic rings. The normalized spacial score (nSPS) is 9.83. The average molecular weight is 332 g/mol. The van der Waals surface area contributed by atoms with E-state index in [9.17, 15) is 9.59 Å². The Labute approximate surface area is 137 Å². The number of ether oxygens (including phenoxy) is 2. The molecule has 0 unspecified atom stereocenters. The summed E-state index contributed by atoms with van der Waals surface area (Å²) in [5.74, 6) is -1.07. The van der Waals surface area contributed by atoms with Gasteiger partial charge in [0.25, 0.3) is 0 Å². The van der Waals surface area contributed by atoms with Crippen LogP contribution in [0.2, 0.25) is 0 Å². The monoisotopic (exact) mass is 332 g/mol. The number of carboxylic acids is 1. The van der Waals surface area contributed by atoms with Crippen molar-refractivity contribution < 1.29 is 33.8 Å². The number of hydrogen-bond acceptors (Lipinski definition) is 6. The van der Waals surface area contributed by atoms with Gasteiger partial charge in [-0.15, -0.1) is 0 Å². The second-order valence-corrected chi connectivity index (χ2v) is 5.82. The molecule has 23 heavy (non-hydrogen) atoms. The number of carbonyl (C=O) groups is 4. The van der Waals surface area contributed by atoms with Gasteiger partial charge in [0.2, 0.25) is 6.29 Å². The molecule has 1 N–H and O–H groups in total. The van der Waals surface area contributed by atoms with Gasteiger partial charge in [-0.2, -0.15) is 0 Å². The van der Waals surface area contributed by atoms with Gasteiger partial charge in [-0.1, -0.05) is 27.7 Å². The van der Waals surface area contributed by atoms with Gasteiger partial charge in [-0.3, -0.25) is 14.4 Å². The van der Waals surface area contributed by atoms with Crippen LogP contribution in [0.25, 0.3) is 0 Å². The highest BCUT2D eigenvalue weighted by Crippen LogP contribution is 2.05. The topological polar surface area (TPSA) is 107 Å². The summed E-state index contributed by atoms with van der Waals surface area (Å²) < 4.78 is 10.1. The Kier molecular flexibility index (Phi) is 15.2. The molecule has 0 aliphatic heterocycles. The predicted molar refractivity (Wildman–Crippen MR) is 83.8 cm³/mol. The summed E-state index contributed by atoms with van der Waals surface area (Å²) in [6.45, 7) is 8.93. The van der Waals surface area contributed by atoms with E-state index in [0.29, 0.717) is 50.7 Å². The summed E-state index contributed by atoms with van der Waals surface area (Å²) in [6, 6.07) is 0. The zero-order valence-corrected chi connectivity index (χ0v) is 14.4. The molecule has 0 aromatic carbocycles. The lowest BCUT2D eigenvalue weighted by molar-refractivity contribution is -0.147. The molecule has 0 spiro atoms. The number of rotatable bonds is 10. The lowest BCUT2D eigenvalue weighted by atomic mass is 10.2. The highest BCUT2D eigenvalue weighted by molar-refractivity contribution is 6.19. The molecule has 7 nitrogen and oxygen atoms in total. The molecule has 0 saturated heterocycles. The molecular formula is C16H28O7. The number of esters is 2. The van der Waals surface area contributed by atoms with E-state index in [2.05, 4.69) is 0 Å². The Hall–Kier alpha value is -1.92. The maximum atomic E-state index is 11.3. The first kappa shape index (κ1) is 23.3. The molecule has 0 heterocycles. The van der Waals surface area contributed by atoms with Gasteiger partial charge in [-0.05, 0) is 24.7 Å². The molecule has 0 rings (SSSR count). The van der Waals surface area contributed by atoms with Crippen LogP contribution in [-0.2, 0) is 28.7 Å². The quantitative estimate of drug-likeness (QED) is 0.283. The van der Waals surface area contributed by atoms with Crippen LogP contribution < -0.4 is 0 Å². The van der Waals surface area contributed by atoms with Crippen molar-refractivity contribution in [3.05, 3.63) is 0 Å².